The molecular formula is C11H17NO2. The van der Waals surface area contributed by atoms with Gasteiger partial charge in [-0.25, -0.2) is 5.48 Å². The SMILES string of the molecule is C=C1C2(C(=O)NO)CCC(C2)C1(C)C. The molecule has 2 aliphatic rings. The lowest BCUT2D eigenvalue weighted by Gasteiger charge is -2.36. The predicted octanol–water partition coefficient (Wildman–Crippen LogP) is 1.87. The van der Waals surface area contributed by atoms with E-state index in [0.717, 1.165) is 24.8 Å². The molecule has 2 saturated carbocycles. The van der Waals surface area contributed by atoms with Crippen LogP contribution in [0.15, 0.2) is 12.2 Å². The first kappa shape index (κ1) is 9.71. The van der Waals surface area contributed by atoms with Crippen molar-refractivity contribution in [3.63, 3.8) is 0 Å². The van der Waals surface area contributed by atoms with E-state index in [1.54, 1.807) is 5.48 Å². The third-order valence-corrected chi connectivity index (χ3v) is 4.43. The highest BCUT2D eigenvalue weighted by Gasteiger charge is 2.60. The minimum atomic E-state index is -0.483. The molecule has 2 atom stereocenters. The van der Waals surface area contributed by atoms with Crippen LogP contribution in [0.5, 0.6) is 0 Å². The summed E-state index contributed by atoms with van der Waals surface area (Å²) in [6.45, 7) is 8.35. The van der Waals surface area contributed by atoms with E-state index in [4.69, 9.17) is 5.21 Å². The van der Waals surface area contributed by atoms with Crippen molar-refractivity contribution in [2.75, 3.05) is 0 Å². The van der Waals surface area contributed by atoms with E-state index in [0.29, 0.717) is 5.92 Å². The van der Waals surface area contributed by atoms with Gasteiger partial charge in [-0.15, -0.1) is 0 Å². The van der Waals surface area contributed by atoms with Gasteiger partial charge in [0.1, 0.15) is 0 Å². The Hall–Kier alpha value is -0.830. The molecule has 2 rings (SSSR count). The number of hydroxylamine groups is 1. The van der Waals surface area contributed by atoms with Crippen LogP contribution < -0.4 is 5.48 Å². The van der Waals surface area contributed by atoms with Crippen LogP contribution in [0.4, 0.5) is 0 Å². The summed E-state index contributed by atoms with van der Waals surface area (Å²) < 4.78 is 0. The van der Waals surface area contributed by atoms with Crippen LogP contribution in [0.1, 0.15) is 33.1 Å². The number of amides is 1. The zero-order chi connectivity index (χ0) is 10.6. The predicted molar refractivity (Wildman–Crippen MR) is 52.6 cm³/mol. The Bertz CT molecular complexity index is 308. The largest absolute Gasteiger partial charge is 0.289 e. The molecule has 2 unspecified atom stereocenters. The number of hydrogen-bond acceptors (Lipinski definition) is 2. The molecular weight excluding hydrogens is 178 g/mol. The monoisotopic (exact) mass is 195 g/mol. The van der Waals surface area contributed by atoms with Gasteiger partial charge in [0.15, 0.2) is 0 Å². The average Bonchev–Trinajstić information content (AvgIpc) is 2.66. The molecule has 3 nitrogen and oxygen atoms in total. The number of hydrogen-bond donors (Lipinski definition) is 2. The molecule has 2 bridgehead atoms. The minimum absolute atomic E-state index is 0.0464. The van der Waals surface area contributed by atoms with Gasteiger partial charge < -0.3 is 0 Å². The van der Waals surface area contributed by atoms with E-state index in [2.05, 4.69) is 20.4 Å². The summed E-state index contributed by atoms with van der Waals surface area (Å²) in [5.74, 6) is 0.280. The Morgan fingerprint density at radius 2 is 2.29 bits per heavy atom. The highest BCUT2D eigenvalue weighted by molar-refractivity contribution is 5.86. The molecule has 2 fully saturated rings. The van der Waals surface area contributed by atoms with E-state index >= 15 is 0 Å². The van der Waals surface area contributed by atoms with Crippen molar-refractivity contribution in [1.29, 1.82) is 0 Å². The van der Waals surface area contributed by atoms with Gasteiger partial charge in [-0.3, -0.25) is 10.0 Å². The van der Waals surface area contributed by atoms with Crippen molar-refractivity contribution in [2.45, 2.75) is 33.1 Å². The lowest BCUT2D eigenvalue weighted by atomic mass is 9.68. The fourth-order valence-electron chi connectivity index (χ4n) is 3.25. The molecule has 1 amide bonds. The maximum atomic E-state index is 11.7. The smallest absolute Gasteiger partial charge is 0.253 e. The van der Waals surface area contributed by atoms with E-state index in [-0.39, 0.29) is 11.3 Å². The van der Waals surface area contributed by atoms with Crippen LogP contribution in [-0.2, 0) is 4.79 Å². The molecule has 0 saturated heterocycles. The van der Waals surface area contributed by atoms with Crippen LogP contribution in [0.3, 0.4) is 0 Å². The normalized spacial score (nSPS) is 38.8. The number of fused-ring (bicyclic) bond motifs is 2. The van der Waals surface area contributed by atoms with Crippen LogP contribution >= 0.6 is 0 Å². The van der Waals surface area contributed by atoms with Gasteiger partial charge in [0.05, 0.1) is 5.41 Å². The fraction of sp³-hybridized carbons (Fsp3) is 0.727. The minimum Gasteiger partial charge on any atom is -0.289 e. The molecule has 3 heteroatoms. The second kappa shape index (κ2) is 2.60. The quantitative estimate of drug-likeness (QED) is 0.381. The molecule has 78 valence electrons. The van der Waals surface area contributed by atoms with E-state index in [9.17, 15) is 4.79 Å². The zero-order valence-corrected chi connectivity index (χ0v) is 8.76. The van der Waals surface area contributed by atoms with Gasteiger partial charge in [-0.2, -0.15) is 0 Å². The zero-order valence-electron chi connectivity index (χ0n) is 8.76. The molecule has 0 aromatic carbocycles. The third-order valence-electron chi connectivity index (χ3n) is 4.43. The number of carbonyl (C=O) groups is 1. The molecule has 0 heterocycles. The molecule has 14 heavy (non-hydrogen) atoms. The first-order valence-electron chi connectivity index (χ1n) is 5.09. The van der Waals surface area contributed by atoms with E-state index in [1.807, 2.05) is 0 Å². The summed E-state index contributed by atoms with van der Waals surface area (Å²) >= 11 is 0. The first-order valence-corrected chi connectivity index (χ1v) is 5.09. The maximum Gasteiger partial charge on any atom is 0.253 e. The molecule has 2 aliphatic carbocycles. The highest BCUT2D eigenvalue weighted by atomic mass is 16.5. The Morgan fingerprint density at radius 3 is 2.71 bits per heavy atom. The van der Waals surface area contributed by atoms with Gasteiger partial charge in [0.2, 0.25) is 0 Å². The van der Waals surface area contributed by atoms with Crippen LogP contribution in [0, 0.1) is 16.7 Å². The van der Waals surface area contributed by atoms with Crippen molar-refractivity contribution in [1.82, 2.24) is 5.48 Å². The van der Waals surface area contributed by atoms with E-state index in [1.165, 1.54) is 0 Å². The molecule has 0 aromatic rings. The highest BCUT2D eigenvalue weighted by Crippen LogP contribution is 2.65. The topological polar surface area (TPSA) is 49.3 Å². The van der Waals surface area contributed by atoms with E-state index < -0.39 is 5.41 Å². The standard InChI is InChI=1S/C11H17NO2/c1-7-10(2,3)8-4-5-11(7,6-8)9(13)12-14/h8,14H,1,4-6H2,2-3H3,(H,12,13). The number of carbonyl (C=O) groups excluding carboxylic acids is 1. The van der Waals surface area contributed by atoms with Crippen molar-refractivity contribution in [2.24, 2.45) is 16.7 Å². The summed E-state index contributed by atoms with van der Waals surface area (Å²) in [6.07, 6.45) is 2.76. The van der Waals surface area contributed by atoms with Crippen molar-refractivity contribution in [3.05, 3.63) is 12.2 Å². The third kappa shape index (κ3) is 0.883. The Morgan fingerprint density at radius 1 is 1.64 bits per heavy atom. The van der Waals surface area contributed by atoms with Gasteiger partial charge in [0.25, 0.3) is 5.91 Å². The lowest BCUT2D eigenvalue weighted by Crippen LogP contribution is -2.40. The molecule has 0 radical (unpaired) electrons. The molecule has 2 N–H and O–H groups in total. The van der Waals surface area contributed by atoms with Crippen molar-refractivity contribution in [3.8, 4) is 0 Å². The summed E-state index contributed by atoms with van der Waals surface area (Å²) in [5, 5.41) is 8.76. The second-order valence-electron chi connectivity index (χ2n) is 5.16. The van der Waals surface area contributed by atoms with Crippen LogP contribution in [-0.4, -0.2) is 11.1 Å². The molecule has 0 aliphatic heterocycles. The first-order chi connectivity index (χ1) is 6.45. The van der Waals surface area contributed by atoms with Crippen LogP contribution in [0.2, 0.25) is 0 Å². The summed E-state index contributed by atoms with van der Waals surface area (Å²) in [7, 11) is 0. The van der Waals surface area contributed by atoms with Gasteiger partial charge in [-0.1, -0.05) is 26.0 Å². The average molecular weight is 195 g/mol. The summed E-state index contributed by atoms with van der Waals surface area (Å²) in [6, 6.07) is 0. The fourth-order valence-corrected chi connectivity index (χ4v) is 3.25. The summed E-state index contributed by atoms with van der Waals surface area (Å²) in [5.41, 5.74) is 2.35. The van der Waals surface area contributed by atoms with Crippen LogP contribution in [0.25, 0.3) is 0 Å². The Kier molecular flexibility index (Phi) is 1.80. The maximum absolute atomic E-state index is 11.7. The van der Waals surface area contributed by atoms with Gasteiger partial charge in [0, 0.05) is 0 Å². The summed E-state index contributed by atoms with van der Waals surface area (Å²) in [4.78, 5) is 11.7. The number of nitrogens with one attached hydrogen (secondary N) is 1. The van der Waals surface area contributed by atoms with Crippen molar-refractivity contribution >= 4 is 5.91 Å². The van der Waals surface area contributed by atoms with Crippen molar-refractivity contribution < 1.29 is 10.0 Å². The Balaban J connectivity index is 2.40. The van der Waals surface area contributed by atoms with Gasteiger partial charge in [-0.05, 0) is 30.6 Å². The molecule has 0 spiro atoms. The second-order valence-corrected chi connectivity index (χ2v) is 5.16. The molecule has 0 aromatic heterocycles. The lowest BCUT2D eigenvalue weighted by molar-refractivity contribution is -0.137. The Labute approximate surface area is 84.1 Å². The number of rotatable bonds is 1. The van der Waals surface area contributed by atoms with Gasteiger partial charge >= 0.3 is 0 Å².